The summed E-state index contributed by atoms with van der Waals surface area (Å²) in [6, 6.07) is -0.126. The molecule has 0 spiro atoms. The summed E-state index contributed by atoms with van der Waals surface area (Å²) < 4.78 is 11.2. The van der Waals surface area contributed by atoms with Crippen molar-refractivity contribution in [3.63, 3.8) is 0 Å². The Morgan fingerprint density at radius 2 is 1.69 bits per heavy atom. The average molecular weight is 364 g/mol. The van der Waals surface area contributed by atoms with Gasteiger partial charge in [0.1, 0.15) is 5.60 Å². The van der Waals surface area contributed by atoms with Crippen molar-refractivity contribution >= 4 is 6.09 Å². The zero-order chi connectivity index (χ0) is 18.6. The van der Waals surface area contributed by atoms with Crippen LogP contribution in [0.4, 0.5) is 4.79 Å². The van der Waals surface area contributed by atoms with Crippen LogP contribution in [0.15, 0.2) is 4.52 Å². The molecule has 0 radical (unpaired) electrons. The van der Waals surface area contributed by atoms with E-state index in [9.17, 15) is 4.79 Å². The monoisotopic (exact) mass is 363 g/mol. The number of likely N-dealkylation sites (tertiary alicyclic amines) is 1. The van der Waals surface area contributed by atoms with E-state index in [-0.39, 0.29) is 12.1 Å². The lowest BCUT2D eigenvalue weighted by Crippen LogP contribution is -2.36. The molecule has 1 aromatic heterocycles. The molecule has 2 heterocycles. The number of ether oxygens (including phenoxy) is 1. The van der Waals surface area contributed by atoms with Crippen LogP contribution >= 0.6 is 0 Å². The molecule has 2 aliphatic rings. The number of hydrogen-bond acceptors (Lipinski definition) is 5. The van der Waals surface area contributed by atoms with Gasteiger partial charge in [0.25, 0.3) is 0 Å². The van der Waals surface area contributed by atoms with Gasteiger partial charge in [-0.25, -0.2) is 4.79 Å². The van der Waals surface area contributed by atoms with Gasteiger partial charge in [-0.1, -0.05) is 43.7 Å². The predicted molar refractivity (Wildman–Crippen MR) is 98.9 cm³/mol. The molecule has 1 aliphatic heterocycles. The van der Waals surface area contributed by atoms with Crippen molar-refractivity contribution < 1.29 is 14.1 Å². The van der Waals surface area contributed by atoms with Crippen LogP contribution in [0.1, 0.15) is 109 Å². The van der Waals surface area contributed by atoms with Gasteiger partial charge in [-0.15, -0.1) is 0 Å². The highest BCUT2D eigenvalue weighted by molar-refractivity contribution is 5.69. The minimum Gasteiger partial charge on any atom is -0.444 e. The molecule has 1 amide bonds. The second kappa shape index (κ2) is 8.40. The average Bonchev–Trinajstić information content (AvgIpc) is 3.24. The van der Waals surface area contributed by atoms with Crippen LogP contribution in [-0.2, 0) is 4.74 Å². The van der Waals surface area contributed by atoms with Gasteiger partial charge in [-0.05, 0) is 46.5 Å². The Bertz CT molecular complexity index is 583. The maximum absolute atomic E-state index is 12.5. The van der Waals surface area contributed by atoms with E-state index in [0.717, 1.165) is 31.6 Å². The normalized spacial score (nSPS) is 23.3. The van der Waals surface area contributed by atoms with Gasteiger partial charge in [0.05, 0.1) is 6.04 Å². The Labute approximate surface area is 156 Å². The van der Waals surface area contributed by atoms with Crippen LogP contribution in [0.25, 0.3) is 0 Å². The van der Waals surface area contributed by atoms with Gasteiger partial charge < -0.3 is 9.26 Å². The van der Waals surface area contributed by atoms with Crippen molar-refractivity contribution in [2.45, 2.75) is 103 Å². The van der Waals surface area contributed by atoms with Crippen LogP contribution in [0.2, 0.25) is 0 Å². The fourth-order valence-electron chi connectivity index (χ4n) is 4.00. The number of rotatable bonds is 2. The molecule has 3 rings (SSSR count). The molecule has 1 unspecified atom stereocenters. The Morgan fingerprint density at radius 3 is 2.35 bits per heavy atom. The van der Waals surface area contributed by atoms with Crippen LogP contribution in [0.3, 0.4) is 0 Å². The van der Waals surface area contributed by atoms with Crippen molar-refractivity contribution in [2.75, 3.05) is 6.54 Å². The fourth-order valence-corrected chi connectivity index (χ4v) is 4.00. The number of carbonyl (C=O) groups is 1. The summed E-state index contributed by atoms with van der Waals surface area (Å²) in [6.07, 6.45) is 11.5. The molecule has 26 heavy (non-hydrogen) atoms. The number of hydrogen-bond donors (Lipinski definition) is 0. The van der Waals surface area contributed by atoms with E-state index in [2.05, 4.69) is 5.16 Å². The van der Waals surface area contributed by atoms with Gasteiger partial charge in [0.15, 0.2) is 5.82 Å². The topological polar surface area (TPSA) is 68.5 Å². The third kappa shape index (κ3) is 4.98. The molecular formula is C20H33N3O3. The summed E-state index contributed by atoms with van der Waals surface area (Å²) in [7, 11) is 0. The van der Waals surface area contributed by atoms with E-state index in [1.807, 2.05) is 20.8 Å². The zero-order valence-electron chi connectivity index (χ0n) is 16.5. The largest absolute Gasteiger partial charge is 0.444 e. The Balaban J connectivity index is 1.68. The quantitative estimate of drug-likeness (QED) is 0.707. The number of aromatic nitrogens is 2. The van der Waals surface area contributed by atoms with E-state index >= 15 is 0 Å². The molecule has 146 valence electrons. The lowest BCUT2D eigenvalue weighted by atomic mass is 9.97. The van der Waals surface area contributed by atoms with Crippen molar-refractivity contribution in [1.29, 1.82) is 0 Å². The number of carbonyl (C=O) groups excluding carboxylic acids is 1. The van der Waals surface area contributed by atoms with Crippen LogP contribution < -0.4 is 0 Å². The van der Waals surface area contributed by atoms with Crippen LogP contribution in [0.5, 0.6) is 0 Å². The van der Waals surface area contributed by atoms with Crippen molar-refractivity contribution in [3.05, 3.63) is 11.7 Å². The van der Waals surface area contributed by atoms with E-state index in [1.165, 1.54) is 38.5 Å². The Kier molecular flexibility index (Phi) is 6.20. The second-order valence-electron chi connectivity index (χ2n) is 8.72. The molecule has 1 aliphatic carbocycles. The molecule has 6 heteroatoms. The number of amides is 1. The van der Waals surface area contributed by atoms with Gasteiger partial charge in [0.2, 0.25) is 5.89 Å². The van der Waals surface area contributed by atoms with E-state index in [1.54, 1.807) is 4.90 Å². The first kappa shape index (κ1) is 19.2. The first-order valence-corrected chi connectivity index (χ1v) is 10.3. The first-order chi connectivity index (χ1) is 12.4. The van der Waals surface area contributed by atoms with E-state index in [4.69, 9.17) is 14.2 Å². The van der Waals surface area contributed by atoms with Crippen LogP contribution in [0, 0.1) is 0 Å². The summed E-state index contributed by atoms with van der Waals surface area (Å²) in [5.74, 6) is 1.77. The highest BCUT2D eigenvalue weighted by Gasteiger charge is 2.36. The SMILES string of the molecule is CC(C)(C)OC(=O)N1CCCC1c1noc(C2CCCCCCCC2)n1. The molecule has 2 fully saturated rings. The molecule has 1 saturated heterocycles. The number of nitrogens with zero attached hydrogens (tertiary/aromatic N) is 3. The smallest absolute Gasteiger partial charge is 0.410 e. The third-order valence-electron chi connectivity index (χ3n) is 5.34. The van der Waals surface area contributed by atoms with Gasteiger partial charge in [-0.3, -0.25) is 4.90 Å². The summed E-state index contributed by atoms with van der Waals surface area (Å²) >= 11 is 0. The van der Waals surface area contributed by atoms with Crippen molar-refractivity contribution in [1.82, 2.24) is 15.0 Å². The maximum atomic E-state index is 12.5. The Hall–Kier alpha value is -1.59. The molecule has 1 saturated carbocycles. The molecule has 0 N–H and O–H groups in total. The lowest BCUT2D eigenvalue weighted by molar-refractivity contribution is 0.0217. The first-order valence-electron chi connectivity index (χ1n) is 10.3. The Morgan fingerprint density at radius 1 is 1.04 bits per heavy atom. The second-order valence-corrected chi connectivity index (χ2v) is 8.72. The van der Waals surface area contributed by atoms with Crippen molar-refractivity contribution in [2.24, 2.45) is 0 Å². The molecule has 1 aromatic rings. The van der Waals surface area contributed by atoms with Gasteiger partial charge >= 0.3 is 6.09 Å². The minimum atomic E-state index is -0.496. The highest BCUT2D eigenvalue weighted by Crippen LogP contribution is 2.34. The van der Waals surface area contributed by atoms with Gasteiger partial charge in [0, 0.05) is 12.5 Å². The van der Waals surface area contributed by atoms with Crippen LogP contribution in [-0.4, -0.2) is 33.3 Å². The van der Waals surface area contributed by atoms with E-state index < -0.39 is 5.60 Å². The molecule has 0 aromatic carbocycles. The predicted octanol–water partition coefficient (Wildman–Crippen LogP) is 5.36. The fraction of sp³-hybridized carbons (Fsp3) is 0.850. The standard InChI is InChI=1S/C20H33N3O3/c1-20(2,3)25-19(24)23-14-10-13-16(23)17-21-18(26-22-17)15-11-8-6-4-5-7-9-12-15/h15-16H,4-14H2,1-3H3. The molecular weight excluding hydrogens is 330 g/mol. The highest BCUT2D eigenvalue weighted by atomic mass is 16.6. The lowest BCUT2D eigenvalue weighted by Gasteiger charge is -2.27. The zero-order valence-corrected chi connectivity index (χ0v) is 16.5. The molecule has 0 bridgehead atoms. The van der Waals surface area contributed by atoms with Crippen molar-refractivity contribution in [3.8, 4) is 0 Å². The third-order valence-corrected chi connectivity index (χ3v) is 5.34. The molecule has 6 nitrogen and oxygen atoms in total. The minimum absolute atomic E-state index is 0.126. The summed E-state index contributed by atoms with van der Waals surface area (Å²) in [6.45, 7) is 6.35. The summed E-state index contributed by atoms with van der Waals surface area (Å²) in [4.78, 5) is 19.0. The maximum Gasteiger partial charge on any atom is 0.410 e. The van der Waals surface area contributed by atoms with Gasteiger partial charge in [-0.2, -0.15) is 4.98 Å². The summed E-state index contributed by atoms with van der Waals surface area (Å²) in [5, 5.41) is 4.24. The van der Waals surface area contributed by atoms with E-state index in [0.29, 0.717) is 18.3 Å². The molecule has 1 atom stereocenters. The summed E-state index contributed by atoms with van der Waals surface area (Å²) in [5.41, 5.74) is -0.496.